The second kappa shape index (κ2) is 6.37. The third-order valence-corrected chi connectivity index (χ3v) is 6.05. The van der Waals surface area contributed by atoms with Gasteiger partial charge in [-0.05, 0) is 38.3 Å². The van der Waals surface area contributed by atoms with E-state index in [9.17, 15) is 9.59 Å². The van der Waals surface area contributed by atoms with Gasteiger partial charge >= 0.3 is 6.09 Å². The van der Waals surface area contributed by atoms with E-state index >= 15 is 0 Å². The summed E-state index contributed by atoms with van der Waals surface area (Å²) in [5.41, 5.74) is 0.503. The van der Waals surface area contributed by atoms with Gasteiger partial charge in [-0.3, -0.25) is 4.79 Å². The van der Waals surface area contributed by atoms with E-state index in [-0.39, 0.29) is 17.6 Å². The molecule has 2 N–H and O–H groups in total. The van der Waals surface area contributed by atoms with Crippen LogP contribution in [0.1, 0.15) is 35.4 Å². The molecule has 3 fully saturated rings. The van der Waals surface area contributed by atoms with E-state index in [2.05, 4.69) is 10.6 Å². The van der Waals surface area contributed by atoms with Gasteiger partial charge in [0.25, 0.3) is 5.91 Å². The van der Waals surface area contributed by atoms with Crippen LogP contribution < -0.4 is 10.6 Å². The van der Waals surface area contributed by atoms with Gasteiger partial charge in [-0.15, -0.1) is 0 Å². The number of carbonyl (C=O) groups excluding carboxylic acids is 2. The average Bonchev–Trinajstić information content (AvgIpc) is 3.21. The van der Waals surface area contributed by atoms with Crippen LogP contribution in [0, 0.1) is 18.8 Å². The first kappa shape index (κ1) is 16.4. The fourth-order valence-corrected chi connectivity index (χ4v) is 4.59. The van der Waals surface area contributed by atoms with Crippen LogP contribution in [0.2, 0.25) is 0 Å². The molecule has 0 radical (unpaired) electrons. The van der Waals surface area contributed by atoms with Gasteiger partial charge in [0, 0.05) is 37.5 Å². The van der Waals surface area contributed by atoms with Crippen LogP contribution in [0.3, 0.4) is 0 Å². The number of likely N-dealkylation sites (tertiary alicyclic amines) is 1. The molecule has 0 aliphatic carbocycles. The number of hydrogen-bond donors (Lipinski definition) is 2. The SMILES string of the molecule is Cc1ccoc1C(=O)N1CCC(C2CNCCC23CNC(=O)O3)CC1. The minimum absolute atomic E-state index is 0.0219. The normalized spacial score (nSPS) is 30.4. The fourth-order valence-electron chi connectivity index (χ4n) is 4.59. The molecule has 0 bridgehead atoms. The number of piperidine rings is 2. The summed E-state index contributed by atoms with van der Waals surface area (Å²) in [7, 11) is 0. The number of hydrogen-bond acceptors (Lipinski definition) is 5. The van der Waals surface area contributed by atoms with E-state index in [1.807, 2.05) is 17.9 Å². The summed E-state index contributed by atoms with van der Waals surface area (Å²) in [4.78, 5) is 26.1. The first-order chi connectivity index (χ1) is 12.1. The Balaban J connectivity index is 1.42. The first-order valence-electron chi connectivity index (χ1n) is 9.10. The number of amides is 2. The number of alkyl carbamates (subject to hydrolysis) is 1. The van der Waals surface area contributed by atoms with E-state index < -0.39 is 0 Å². The number of rotatable bonds is 2. The molecule has 0 saturated carbocycles. The zero-order valence-electron chi connectivity index (χ0n) is 14.5. The van der Waals surface area contributed by atoms with Crippen molar-refractivity contribution in [3.05, 3.63) is 23.7 Å². The molecular weight excluding hydrogens is 322 g/mol. The number of carbonyl (C=O) groups is 2. The van der Waals surface area contributed by atoms with Gasteiger partial charge in [0.2, 0.25) is 0 Å². The van der Waals surface area contributed by atoms with Gasteiger partial charge in [0.15, 0.2) is 5.76 Å². The Hall–Kier alpha value is -2.02. The van der Waals surface area contributed by atoms with E-state index in [0.29, 0.717) is 24.1 Å². The second-order valence-electron chi connectivity index (χ2n) is 7.43. The van der Waals surface area contributed by atoms with Crippen molar-refractivity contribution in [3.8, 4) is 0 Å². The van der Waals surface area contributed by atoms with Gasteiger partial charge in [-0.25, -0.2) is 4.79 Å². The molecule has 4 heterocycles. The summed E-state index contributed by atoms with van der Waals surface area (Å²) >= 11 is 0. The van der Waals surface area contributed by atoms with Crippen LogP contribution in [0.15, 0.2) is 16.7 Å². The predicted molar refractivity (Wildman–Crippen MR) is 90.3 cm³/mol. The summed E-state index contributed by atoms with van der Waals surface area (Å²) in [5, 5.41) is 6.28. The van der Waals surface area contributed by atoms with Crippen molar-refractivity contribution in [3.63, 3.8) is 0 Å². The quantitative estimate of drug-likeness (QED) is 0.848. The third kappa shape index (κ3) is 2.90. The summed E-state index contributed by atoms with van der Waals surface area (Å²) in [6, 6.07) is 1.82. The largest absolute Gasteiger partial charge is 0.459 e. The molecule has 4 rings (SSSR count). The molecule has 2 atom stereocenters. The predicted octanol–water partition coefficient (Wildman–Crippen LogP) is 1.53. The Morgan fingerprint density at radius 2 is 2.16 bits per heavy atom. The van der Waals surface area contributed by atoms with Gasteiger partial charge in [-0.2, -0.15) is 0 Å². The number of ether oxygens (including phenoxy) is 1. The van der Waals surface area contributed by atoms with Crippen molar-refractivity contribution in [2.75, 3.05) is 32.7 Å². The van der Waals surface area contributed by atoms with E-state index in [0.717, 1.165) is 51.0 Å². The van der Waals surface area contributed by atoms with Crippen molar-refractivity contribution in [2.45, 2.75) is 31.8 Å². The van der Waals surface area contributed by atoms with Crippen LogP contribution in [-0.4, -0.2) is 55.2 Å². The smallest absolute Gasteiger partial charge is 0.407 e. The highest BCUT2D eigenvalue weighted by Crippen LogP contribution is 2.40. The summed E-state index contributed by atoms with van der Waals surface area (Å²) in [6.45, 7) is 5.67. The lowest BCUT2D eigenvalue weighted by molar-refractivity contribution is -0.0479. The summed E-state index contributed by atoms with van der Waals surface area (Å²) in [6.07, 6.45) is 3.97. The zero-order chi connectivity index (χ0) is 17.4. The summed E-state index contributed by atoms with van der Waals surface area (Å²) in [5.74, 6) is 1.17. The molecule has 2 amide bonds. The number of aryl methyl sites for hydroxylation is 1. The van der Waals surface area contributed by atoms with Gasteiger partial charge in [0.1, 0.15) is 5.60 Å². The topological polar surface area (TPSA) is 83.8 Å². The van der Waals surface area contributed by atoms with Crippen molar-refractivity contribution < 1.29 is 18.7 Å². The fraction of sp³-hybridized carbons (Fsp3) is 0.667. The molecule has 0 aromatic carbocycles. The molecule has 136 valence electrons. The van der Waals surface area contributed by atoms with Crippen LogP contribution in [0.25, 0.3) is 0 Å². The maximum Gasteiger partial charge on any atom is 0.407 e. The lowest BCUT2D eigenvalue weighted by Gasteiger charge is -2.45. The molecule has 7 heteroatoms. The molecule has 1 aromatic rings. The van der Waals surface area contributed by atoms with Crippen molar-refractivity contribution >= 4 is 12.0 Å². The third-order valence-electron chi connectivity index (χ3n) is 6.05. The van der Waals surface area contributed by atoms with Crippen molar-refractivity contribution in [1.82, 2.24) is 15.5 Å². The molecule has 1 aromatic heterocycles. The molecule has 7 nitrogen and oxygen atoms in total. The molecule has 2 unspecified atom stereocenters. The Labute approximate surface area is 147 Å². The maximum atomic E-state index is 12.6. The van der Waals surface area contributed by atoms with E-state index in [4.69, 9.17) is 9.15 Å². The van der Waals surface area contributed by atoms with Crippen molar-refractivity contribution in [2.24, 2.45) is 11.8 Å². The summed E-state index contributed by atoms with van der Waals surface area (Å²) < 4.78 is 11.1. The monoisotopic (exact) mass is 347 g/mol. The molecule has 25 heavy (non-hydrogen) atoms. The molecule has 1 spiro atoms. The van der Waals surface area contributed by atoms with Gasteiger partial charge < -0.3 is 24.7 Å². The van der Waals surface area contributed by atoms with Crippen LogP contribution >= 0.6 is 0 Å². The van der Waals surface area contributed by atoms with E-state index in [1.165, 1.54) is 0 Å². The standard InChI is InChI=1S/C18H25N3O4/c1-12-4-9-24-15(12)16(22)21-7-2-13(3-8-21)14-10-19-6-5-18(14)11-20-17(23)25-18/h4,9,13-14,19H,2-3,5-8,10-11H2,1H3,(H,20,23). The Morgan fingerprint density at radius 1 is 1.36 bits per heavy atom. The van der Waals surface area contributed by atoms with Crippen molar-refractivity contribution in [1.29, 1.82) is 0 Å². The minimum Gasteiger partial charge on any atom is -0.459 e. The van der Waals surface area contributed by atoms with E-state index in [1.54, 1.807) is 6.26 Å². The highest BCUT2D eigenvalue weighted by atomic mass is 16.6. The number of nitrogens with one attached hydrogen (secondary N) is 2. The van der Waals surface area contributed by atoms with Gasteiger partial charge in [-0.1, -0.05) is 0 Å². The molecular formula is C18H25N3O4. The van der Waals surface area contributed by atoms with Crippen LogP contribution in [-0.2, 0) is 4.74 Å². The molecule has 3 saturated heterocycles. The Bertz CT molecular complexity index is 665. The minimum atomic E-state index is -0.378. The number of nitrogens with zero attached hydrogens (tertiary/aromatic N) is 1. The number of furan rings is 1. The second-order valence-corrected chi connectivity index (χ2v) is 7.43. The van der Waals surface area contributed by atoms with Crippen LogP contribution in [0.4, 0.5) is 4.79 Å². The Morgan fingerprint density at radius 3 is 2.80 bits per heavy atom. The average molecular weight is 347 g/mol. The lowest BCUT2D eigenvalue weighted by Crippen LogP contribution is -2.56. The highest BCUT2D eigenvalue weighted by Gasteiger charge is 2.51. The maximum absolute atomic E-state index is 12.6. The Kier molecular flexibility index (Phi) is 4.19. The lowest BCUT2D eigenvalue weighted by atomic mass is 9.71. The molecule has 3 aliphatic heterocycles. The zero-order valence-corrected chi connectivity index (χ0v) is 14.5. The van der Waals surface area contributed by atoms with Crippen LogP contribution in [0.5, 0.6) is 0 Å². The highest BCUT2D eigenvalue weighted by molar-refractivity contribution is 5.92. The first-order valence-corrected chi connectivity index (χ1v) is 9.10. The molecule has 3 aliphatic rings. The van der Waals surface area contributed by atoms with Gasteiger partial charge in [0.05, 0.1) is 12.8 Å².